The highest BCUT2D eigenvalue weighted by molar-refractivity contribution is 9.10. The van der Waals surface area contributed by atoms with Gasteiger partial charge in [-0.1, -0.05) is 0 Å². The SMILES string of the molecule is CNC1=NC(N)(c2cc(Br)c3c(c2)CCCO3)NC(C)=C1. The van der Waals surface area contributed by atoms with Crippen LogP contribution in [0.3, 0.4) is 0 Å². The number of nitrogens with one attached hydrogen (secondary N) is 2. The van der Waals surface area contributed by atoms with Gasteiger partial charge in [-0.15, -0.1) is 0 Å². The lowest BCUT2D eigenvalue weighted by Crippen LogP contribution is -2.51. The van der Waals surface area contributed by atoms with E-state index in [1.807, 2.05) is 26.1 Å². The van der Waals surface area contributed by atoms with Crippen LogP contribution in [-0.2, 0) is 12.2 Å². The number of nitrogens with zero attached hydrogens (tertiary/aromatic N) is 1. The Morgan fingerprint density at radius 2 is 2.29 bits per heavy atom. The van der Waals surface area contributed by atoms with Gasteiger partial charge in [0.2, 0.25) is 5.79 Å². The minimum absolute atomic E-state index is 0.763. The molecular weight excluding hydrogens is 332 g/mol. The van der Waals surface area contributed by atoms with Gasteiger partial charge < -0.3 is 15.4 Å². The molecule has 0 saturated heterocycles. The second kappa shape index (κ2) is 5.35. The van der Waals surface area contributed by atoms with Crippen LogP contribution < -0.4 is 21.1 Å². The largest absolute Gasteiger partial charge is 0.492 e. The molecule has 2 aliphatic heterocycles. The molecule has 1 unspecified atom stereocenters. The van der Waals surface area contributed by atoms with Crippen molar-refractivity contribution in [3.05, 3.63) is 39.5 Å². The van der Waals surface area contributed by atoms with E-state index in [0.717, 1.165) is 46.8 Å². The highest BCUT2D eigenvalue weighted by atomic mass is 79.9. The van der Waals surface area contributed by atoms with Crippen molar-refractivity contribution >= 4 is 21.8 Å². The summed E-state index contributed by atoms with van der Waals surface area (Å²) in [7, 11) is 1.84. The third-order valence-corrected chi connectivity index (χ3v) is 4.28. The molecule has 0 aliphatic carbocycles. The number of fused-ring (bicyclic) bond motifs is 1. The Morgan fingerprint density at radius 1 is 1.48 bits per heavy atom. The fourth-order valence-electron chi connectivity index (χ4n) is 2.71. The van der Waals surface area contributed by atoms with Crippen LogP contribution in [0.4, 0.5) is 0 Å². The number of nitrogens with two attached hydrogens (primary N) is 1. The molecule has 6 heteroatoms. The predicted molar refractivity (Wildman–Crippen MR) is 87.2 cm³/mol. The number of rotatable bonds is 1. The topological polar surface area (TPSA) is 71.7 Å². The monoisotopic (exact) mass is 350 g/mol. The molecule has 21 heavy (non-hydrogen) atoms. The van der Waals surface area contributed by atoms with E-state index >= 15 is 0 Å². The minimum atomic E-state index is -0.966. The maximum Gasteiger partial charge on any atom is 0.211 e. The van der Waals surface area contributed by atoms with Crippen molar-refractivity contribution in [3.63, 3.8) is 0 Å². The van der Waals surface area contributed by atoms with E-state index in [4.69, 9.17) is 10.5 Å². The van der Waals surface area contributed by atoms with Crippen molar-refractivity contribution in [2.45, 2.75) is 25.6 Å². The third-order valence-electron chi connectivity index (χ3n) is 3.69. The minimum Gasteiger partial charge on any atom is -0.492 e. The Kier molecular flexibility index (Phi) is 3.67. The van der Waals surface area contributed by atoms with Crippen LogP contribution in [0.2, 0.25) is 0 Å². The van der Waals surface area contributed by atoms with E-state index in [2.05, 4.69) is 37.6 Å². The lowest BCUT2D eigenvalue weighted by atomic mass is 9.99. The molecule has 0 fully saturated rings. The average Bonchev–Trinajstić information content (AvgIpc) is 2.46. The summed E-state index contributed by atoms with van der Waals surface area (Å²) >= 11 is 3.58. The number of aryl methyl sites for hydroxylation is 1. The first-order chi connectivity index (χ1) is 10.0. The standard InChI is InChI=1S/C15H19BrN4O/c1-9-6-13(18-2)20-15(17,19-9)11-7-10-4-3-5-21-14(10)12(16)8-11/h6-8,19H,3-5,17H2,1-2H3,(H,18,20). The fraction of sp³-hybridized carbons (Fsp3) is 0.400. The second-order valence-corrected chi connectivity index (χ2v) is 6.22. The summed E-state index contributed by atoms with van der Waals surface area (Å²) in [5.74, 6) is 0.722. The van der Waals surface area contributed by atoms with E-state index < -0.39 is 5.79 Å². The molecule has 0 bridgehead atoms. The van der Waals surface area contributed by atoms with Crippen LogP contribution in [0.25, 0.3) is 0 Å². The van der Waals surface area contributed by atoms with Crippen LogP contribution in [-0.4, -0.2) is 19.5 Å². The summed E-state index contributed by atoms with van der Waals surface area (Å²) in [4.78, 5) is 4.58. The van der Waals surface area contributed by atoms with Gasteiger partial charge in [-0.2, -0.15) is 0 Å². The van der Waals surface area contributed by atoms with Gasteiger partial charge in [-0.3, -0.25) is 5.73 Å². The van der Waals surface area contributed by atoms with E-state index in [0.29, 0.717) is 0 Å². The maximum atomic E-state index is 6.50. The van der Waals surface area contributed by atoms with Crippen LogP contribution in [0.1, 0.15) is 24.5 Å². The molecule has 1 aromatic carbocycles. The molecule has 5 nitrogen and oxygen atoms in total. The van der Waals surface area contributed by atoms with Gasteiger partial charge in [0.1, 0.15) is 11.6 Å². The van der Waals surface area contributed by atoms with Crippen molar-refractivity contribution in [1.29, 1.82) is 0 Å². The molecule has 0 amide bonds. The number of allylic oxidation sites excluding steroid dienone is 1. The zero-order valence-corrected chi connectivity index (χ0v) is 13.8. The van der Waals surface area contributed by atoms with Crippen LogP contribution in [0.15, 0.2) is 33.4 Å². The summed E-state index contributed by atoms with van der Waals surface area (Å²) in [6, 6.07) is 4.06. The molecule has 0 spiro atoms. The van der Waals surface area contributed by atoms with Crippen molar-refractivity contribution in [2.24, 2.45) is 10.7 Å². The Bertz CT molecular complexity index is 641. The number of aliphatic imine (C=N–C) groups is 1. The predicted octanol–water partition coefficient (Wildman–Crippen LogP) is 1.97. The lowest BCUT2D eigenvalue weighted by Gasteiger charge is -2.33. The van der Waals surface area contributed by atoms with Gasteiger partial charge in [0.25, 0.3) is 0 Å². The molecule has 0 saturated carbocycles. The molecule has 2 heterocycles. The van der Waals surface area contributed by atoms with Crippen LogP contribution in [0, 0.1) is 0 Å². The summed E-state index contributed by atoms with van der Waals surface area (Å²) in [6.45, 7) is 2.74. The number of halogens is 1. The van der Waals surface area contributed by atoms with E-state index in [9.17, 15) is 0 Å². The summed E-state index contributed by atoms with van der Waals surface area (Å²) in [5.41, 5.74) is 9.56. The van der Waals surface area contributed by atoms with Gasteiger partial charge in [0.15, 0.2) is 0 Å². The quantitative estimate of drug-likeness (QED) is 0.724. The van der Waals surface area contributed by atoms with Gasteiger partial charge in [0.05, 0.1) is 11.1 Å². The first kappa shape index (κ1) is 14.4. The first-order valence-corrected chi connectivity index (χ1v) is 7.80. The maximum absolute atomic E-state index is 6.50. The van der Waals surface area contributed by atoms with E-state index in [1.54, 1.807) is 0 Å². The molecule has 4 N–H and O–H groups in total. The molecule has 1 aromatic rings. The zero-order chi connectivity index (χ0) is 15.0. The molecule has 112 valence electrons. The molecule has 2 aliphatic rings. The van der Waals surface area contributed by atoms with Gasteiger partial charge >= 0.3 is 0 Å². The van der Waals surface area contributed by atoms with Gasteiger partial charge in [0, 0.05) is 18.3 Å². The van der Waals surface area contributed by atoms with Crippen molar-refractivity contribution in [1.82, 2.24) is 10.6 Å². The molecule has 0 aromatic heterocycles. The van der Waals surface area contributed by atoms with E-state index in [-0.39, 0.29) is 0 Å². The smallest absolute Gasteiger partial charge is 0.211 e. The number of likely N-dealkylation sites (N-methyl/N-ethyl adjacent to an activating group) is 1. The third kappa shape index (κ3) is 2.65. The number of benzene rings is 1. The fourth-order valence-corrected chi connectivity index (χ4v) is 3.33. The average molecular weight is 351 g/mol. The number of hydrogen-bond donors (Lipinski definition) is 3. The van der Waals surface area contributed by atoms with Gasteiger partial charge in [-0.25, -0.2) is 4.99 Å². The highest BCUT2D eigenvalue weighted by Gasteiger charge is 2.31. The van der Waals surface area contributed by atoms with Crippen molar-refractivity contribution in [2.75, 3.05) is 13.7 Å². The normalized spacial score (nSPS) is 24.2. The van der Waals surface area contributed by atoms with Crippen LogP contribution >= 0.6 is 15.9 Å². The molecular formula is C15H19BrN4O. The Labute approximate surface area is 132 Å². The number of ether oxygens (including phenoxy) is 1. The number of amidine groups is 1. The van der Waals surface area contributed by atoms with Crippen LogP contribution in [0.5, 0.6) is 5.75 Å². The van der Waals surface area contributed by atoms with E-state index in [1.165, 1.54) is 5.56 Å². The zero-order valence-electron chi connectivity index (χ0n) is 12.2. The van der Waals surface area contributed by atoms with Crippen molar-refractivity contribution < 1.29 is 4.74 Å². The summed E-state index contributed by atoms with van der Waals surface area (Å²) in [6.07, 6.45) is 3.95. The lowest BCUT2D eigenvalue weighted by molar-refractivity contribution is 0.285. The first-order valence-electron chi connectivity index (χ1n) is 7.00. The Balaban J connectivity index is 2.06. The molecule has 3 rings (SSSR count). The summed E-state index contributed by atoms with van der Waals surface area (Å²) < 4.78 is 6.65. The molecule has 1 atom stereocenters. The van der Waals surface area contributed by atoms with Gasteiger partial charge in [-0.05, 0) is 59.5 Å². The number of hydrogen-bond acceptors (Lipinski definition) is 5. The van der Waals surface area contributed by atoms with Crippen molar-refractivity contribution in [3.8, 4) is 5.75 Å². The second-order valence-electron chi connectivity index (χ2n) is 5.36. The highest BCUT2D eigenvalue weighted by Crippen LogP contribution is 2.37. The Hall–Kier alpha value is -1.53. The summed E-state index contributed by atoms with van der Waals surface area (Å²) in [5, 5.41) is 6.31. The Morgan fingerprint density at radius 3 is 3.05 bits per heavy atom. The molecule has 0 radical (unpaired) electrons.